The lowest BCUT2D eigenvalue weighted by Crippen LogP contribution is -2.21. The first-order chi connectivity index (χ1) is 8.83. The van der Waals surface area contributed by atoms with Gasteiger partial charge in [-0.05, 0) is 13.0 Å². The number of aromatic nitrogens is 4. The Balaban J connectivity index is 1.86. The first-order valence-electron chi connectivity index (χ1n) is 5.94. The van der Waals surface area contributed by atoms with E-state index in [-0.39, 0.29) is 0 Å². The van der Waals surface area contributed by atoms with Gasteiger partial charge in [-0.1, -0.05) is 0 Å². The number of anilines is 1. The average molecular weight is 250 g/mol. The van der Waals surface area contributed by atoms with E-state index in [4.69, 9.17) is 10.5 Å². The lowest BCUT2D eigenvalue weighted by molar-refractivity contribution is 0.194. The standard InChI is InChI=1S/C11H18N6O/c1-18-6-2-3-13-4-5-17-8-16-9-10(12)14-7-15-11(9)17/h7-8,13H,2-6H2,1H3,(H2,12,14,15). The average Bonchev–Trinajstić information content (AvgIpc) is 2.79. The maximum absolute atomic E-state index is 5.72. The summed E-state index contributed by atoms with van der Waals surface area (Å²) in [7, 11) is 1.71. The zero-order valence-electron chi connectivity index (χ0n) is 10.5. The first-order valence-corrected chi connectivity index (χ1v) is 5.94. The van der Waals surface area contributed by atoms with E-state index >= 15 is 0 Å². The second kappa shape index (κ2) is 6.27. The maximum atomic E-state index is 5.72. The largest absolute Gasteiger partial charge is 0.385 e. The van der Waals surface area contributed by atoms with Gasteiger partial charge in [0.2, 0.25) is 0 Å². The van der Waals surface area contributed by atoms with Gasteiger partial charge in [0.25, 0.3) is 0 Å². The van der Waals surface area contributed by atoms with E-state index < -0.39 is 0 Å². The summed E-state index contributed by atoms with van der Waals surface area (Å²) in [4.78, 5) is 12.3. The van der Waals surface area contributed by atoms with E-state index in [0.29, 0.717) is 11.3 Å². The minimum atomic E-state index is 0.423. The van der Waals surface area contributed by atoms with Crippen LogP contribution < -0.4 is 11.1 Å². The molecule has 7 heteroatoms. The number of fused-ring (bicyclic) bond motifs is 1. The molecule has 0 atom stereocenters. The zero-order valence-corrected chi connectivity index (χ0v) is 10.5. The number of nitrogens with two attached hydrogens (primary N) is 1. The number of hydrogen-bond acceptors (Lipinski definition) is 6. The Morgan fingerprint density at radius 2 is 2.22 bits per heavy atom. The molecule has 3 N–H and O–H groups in total. The molecular formula is C11H18N6O. The van der Waals surface area contributed by atoms with Gasteiger partial charge in [0, 0.05) is 26.8 Å². The number of methoxy groups -OCH3 is 1. The molecule has 7 nitrogen and oxygen atoms in total. The summed E-state index contributed by atoms with van der Waals surface area (Å²) in [5, 5.41) is 3.33. The molecular weight excluding hydrogens is 232 g/mol. The van der Waals surface area contributed by atoms with Crippen molar-refractivity contribution in [2.75, 3.05) is 32.5 Å². The number of ether oxygens (including phenoxy) is 1. The molecule has 2 rings (SSSR count). The van der Waals surface area contributed by atoms with Crippen LogP contribution >= 0.6 is 0 Å². The highest BCUT2D eigenvalue weighted by Crippen LogP contribution is 2.13. The van der Waals surface area contributed by atoms with Gasteiger partial charge >= 0.3 is 0 Å². The van der Waals surface area contributed by atoms with Crippen LogP contribution in [0.5, 0.6) is 0 Å². The Morgan fingerprint density at radius 3 is 3.06 bits per heavy atom. The normalized spacial score (nSPS) is 11.2. The third kappa shape index (κ3) is 2.93. The second-order valence-corrected chi connectivity index (χ2v) is 3.97. The SMILES string of the molecule is COCCCNCCn1cnc2c(N)ncnc21. The molecule has 2 heterocycles. The van der Waals surface area contributed by atoms with Crippen LogP contribution in [0.4, 0.5) is 5.82 Å². The van der Waals surface area contributed by atoms with Gasteiger partial charge in [-0.2, -0.15) is 0 Å². The van der Waals surface area contributed by atoms with Crippen molar-refractivity contribution < 1.29 is 4.74 Å². The van der Waals surface area contributed by atoms with Gasteiger partial charge in [-0.25, -0.2) is 15.0 Å². The van der Waals surface area contributed by atoms with Crippen molar-refractivity contribution in [2.45, 2.75) is 13.0 Å². The zero-order chi connectivity index (χ0) is 12.8. The summed E-state index contributed by atoms with van der Waals surface area (Å²) >= 11 is 0. The molecule has 2 aromatic rings. The van der Waals surface area contributed by atoms with Crippen LogP contribution in [0.25, 0.3) is 11.2 Å². The van der Waals surface area contributed by atoms with Crippen LogP contribution in [0.3, 0.4) is 0 Å². The van der Waals surface area contributed by atoms with Gasteiger partial charge in [-0.3, -0.25) is 0 Å². The number of nitrogens with one attached hydrogen (secondary N) is 1. The molecule has 0 fully saturated rings. The van der Waals surface area contributed by atoms with Crippen LogP contribution in [-0.4, -0.2) is 46.3 Å². The van der Waals surface area contributed by atoms with Gasteiger partial charge in [-0.15, -0.1) is 0 Å². The van der Waals surface area contributed by atoms with Crippen molar-refractivity contribution in [3.05, 3.63) is 12.7 Å². The van der Waals surface area contributed by atoms with Crippen LogP contribution in [-0.2, 0) is 11.3 Å². The first kappa shape index (κ1) is 12.7. The Kier molecular flexibility index (Phi) is 4.43. The van der Waals surface area contributed by atoms with Gasteiger partial charge in [0.05, 0.1) is 6.33 Å². The molecule has 0 aliphatic carbocycles. The minimum Gasteiger partial charge on any atom is -0.385 e. The minimum absolute atomic E-state index is 0.423. The Morgan fingerprint density at radius 1 is 1.33 bits per heavy atom. The molecule has 2 aromatic heterocycles. The van der Waals surface area contributed by atoms with E-state index in [2.05, 4.69) is 20.3 Å². The summed E-state index contributed by atoms with van der Waals surface area (Å²) in [6.45, 7) is 3.39. The van der Waals surface area contributed by atoms with Crippen LogP contribution in [0, 0.1) is 0 Å². The predicted octanol–water partition coefficient (Wildman–Crippen LogP) is 0.0346. The Labute approximate surface area is 105 Å². The molecule has 0 aromatic carbocycles. The smallest absolute Gasteiger partial charge is 0.165 e. The van der Waals surface area contributed by atoms with Gasteiger partial charge < -0.3 is 20.4 Å². The van der Waals surface area contributed by atoms with Crippen molar-refractivity contribution >= 4 is 17.0 Å². The topological polar surface area (TPSA) is 90.9 Å². The van der Waals surface area contributed by atoms with Crippen molar-refractivity contribution in [3.63, 3.8) is 0 Å². The van der Waals surface area contributed by atoms with Crippen molar-refractivity contribution in [3.8, 4) is 0 Å². The van der Waals surface area contributed by atoms with E-state index in [1.165, 1.54) is 6.33 Å². The Hall–Kier alpha value is -1.73. The van der Waals surface area contributed by atoms with E-state index in [1.54, 1.807) is 13.4 Å². The molecule has 0 unspecified atom stereocenters. The molecule has 98 valence electrons. The summed E-state index contributed by atoms with van der Waals surface area (Å²) < 4.78 is 6.95. The monoisotopic (exact) mass is 250 g/mol. The van der Waals surface area contributed by atoms with Crippen LogP contribution in [0.1, 0.15) is 6.42 Å². The van der Waals surface area contributed by atoms with Gasteiger partial charge in [0.1, 0.15) is 11.8 Å². The molecule has 0 amide bonds. The highest BCUT2D eigenvalue weighted by atomic mass is 16.5. The summed E-state index contributed by atoms with van der Waals surface area (Å²) in [5.74, 6) is 0.423. The lowest BCUT2D eigenvalue weighted by atomic mass is 10.4. The van der Waals surface area contributed by atoms with Crippen LogP contribution in [0.2, 0.25) is 0 Å². The van der Waals surface area contributed by atoms with Crippen molar-refractivity contribution in [2.24, 2.45) is 0 Å². The molecule has 0 saturated carbocycles. The number of hydrogen-bond donors (Lipinski definition) is 2. The highest BCUT2D eigenvalue weighted by molar-refractivity contribution is 5.80. The van der Waals surface area contributed by atoms with Gasteiger partial charge in [0.15, 0.2) is 11.5 Å². The third-order valence-corrected chi connectivity index (χ3v) is 2.66. The lowest BCUT2D eigenvalue weighted by Gasteiger charge is -2.05. The number of nitrogen functional groups attached to an aromatic ring is 1. The van der Waals surface area contributed by atoms with E-state index in [1.807, 2.05) is 4.57 Å². The molecule has 18 heavy (non-hydrogen) atoms. The molecule has 0 bridgehead atoms. The molecule has 0 aliphatic rings. The third-order valence-electron chi connectivity index (χ3n) is 2.66. The fourth-order valence-corrected chi connectivity index (χ4v) is 1.73. The van der Waals surface area contributed by atoms with Crippen molar-refractivity contribution in [1.29, 1.82) is 0 Å². The molecule has 0 spiro atoms. The van der Waals surface area contributed by atoms with Crippen LogP contribution in [0.15, 0.2) is 12.7 Å². The highest BCUT2D eigenvalue weighted by Gasteiger charge is 2.06. The molecule has 0 radical (unpaired) electrons. The molecule has 0 aliphatic heterocycles. The number of nitrogens with zero attached hydrogens (tertiary/aromatic N) is 4. The number of imidazole rings is 1. The fourth-order valence-electron chi connectivity index (χ4n) is 1.73. The summed E-state index contributed by atoms with van der Waals surface area (Å²) in [6, 6.07) is 0. The second-order valence-electron chi connectivity index (χ2n) is 3.97. The number of rotatable bonds is 7. The van der Waals surface area contributed by atoms with E-state index in [0.717, 1.165) is 38.3 Å². The quantitative estimate of drug-likeness (QED) is 0.674. The summed E-state index contributed by atoms with van der Waals surface area (Å²) in [5.41, 5.74) is 7.17. The predicted molar refractivity (Wildman–Crippen MR) is 69.1 cm³/mol. The summed E-state index contributed by atoms with van der Waals surface area (Å²) in [6.07, 6.45) is 4.21. The molecule has 0 saturated heterocycles. The maximum Gasteiger partial charge on any atom is 0.165 e. The Bertz CT molecular complexity index is 497. The van der Waals surface area contributed by atoms with E-state index in [9.17, 15) is 0 Å². The van der Waals surface area contributed by atoms with Crippen molar-refractivity contribution in [1.82, 2.24) is 24.8 Å². The fraction of sp³-hybridized carbons (Fsp3) is 0.545.